The van der Waals surface area contributed by atoms with Crippen molar-refractivity contribution in [2.45, 2.75) is 24.7 Å². The van der Waals surface area contributed by atoms with Crippen molar-refractivity contribution in [1.29, 1.82) is 0 Å². The molecule has 0 bridgehead atoms. The van der Waals surface area contributed by atoms with Crippen molar-refractivity contribution in [2.75, 3.05) is 19.0 Å². The third kappa shape index (κ3) is 2.99. The van der Waals surface area contributed by atoms with Crippen molar-refractivity contribution < 1.29 is 4.74 Å². The smallest absolute Gasteiger partial charge is 0.0524 e. The van der Waals surface area contributed by atoms with Crippen LogP contribution in [0.4, 0.5) is 0 Å². The molecule has 0 spiro atoms. The van der Waals surface area contributed by atoms with E-state index in [0.717, 1.165) is 19.1 Å². The van der Waals surface area contributed by atoms with Gasteiger partial charge in [0.1, 0.15) is 0 Å². The summed E-state index contributed by atoms with van der Waals surface area (Å²) in [5, 5.41) is 0. The highest BCUT2D eigenvalue weighted by Crippen LogP contribution is 2.25. The predicted molar refractivity (Wildman–Crippen MR) is 65.6 cm³/mol. The summed E-state index contributed by atoms with van der Waals surface area (Å²) in [6, 6.07) is 8.95. The molecule has 1 aliphatic rings. The summed E-state index contributed by atoms with van der Waals surface area (Å²) >= 11 is 1.94. The molecule has 1 aliphatic heterocycles. The second kappa shape index (κ2) is 5.04. The fourth-order valence-electron chi connectivity index (χ4n) is 1.54. The summed E-state index contributed by atoms with van der Waals surface area (Å²) in [7, 11) is 0. The second-order valence-corrected chi connectivity index (χ2v) is 5.53. The Morgan fingerprint density at radius 2 is 1.93 bits per heavy atom. The van der Waals surface area contributed by atoms with Gasteiger partial charge in [-0.05, 0) is 23.6 Å². The lowest BCUT2D eigenvalue weighted by atomic mass is 10.0. The zero-order chi connectivity index (χ0) is 10.7. The van der Waals surface area contributed by atoms with Gasteiger partial charge in [0.2, 0.25) is 0 Å². The summed E-state index contributed by atoms with van der Waals surface area (Å²) in [6.45, 7) is 6.37. The summed E-state index contributed by atoms with van der Waals surface area (Å²) < 4.78 is 5.16. The minimum absolute atomic E-state index is 0.629. The van der Waals surface area contributed by atoms with E-state index in [2.05, 4.69) is 38.1 Å². The average molecular weight is 222 g/mol. The third-order valence-electron chi connectivity index (χ3n) is 2.74. The normalized spacial score (nSPS) is 16.7. The van der Waals surface area contributed by atoms with Crippen molar-refractivity contribution in [2.24, 2.45) is 5.92 Å². The van der Waals surface area contributed by atoms with E-state index in [9.17, 15) is 0 Å². The Kier molecular flexibility index (Phi) is 3.71. The Morgan fingerprint density at radius 1 is 1.27 bits per heavy atom. The van der Waals surface area contributed by atoms with E-state index in [0.29, 0.717) is 5.92 Å². The van der Waals surface area contributed by atoms with Crippen LogP contribution in [0.1, 0.15) is 25.3 Å². The van der Waals surface area contributed by atoms with Crippen molar-refractivity contribution in [3.63, 3.8) is 0 Å². The molecule has 0 unspecified atom stereocenters. The van der Waals surface area contributed by atoms with Crippen LogP contribution in [0, 0.1) is 5.92 Å². The molecule has 0 aliphatic carbocycles. The molecule has 1 aromatic carbocycles. The van der Waals surface area contributed by atoms with Crippen molar-refractivity contribution in [3.05, 3.63) is 29.8 Å². The fourth-order valence-corrected chi connectivity index (χ4v) is 2.49. The monoisotopic (exact) mass is 222 g/mol. The van der Waals surface area contributed by atoms with Crippen LogP contribution in [0.25, 0.3) is 0 Å². The van der Waals surface area contributed by atoms with Crippen molar-refractivity contribution in [1.82, 2.24) is 0 Å². The van der Waals surface area contributed by atoms with Crippen LogP contribution in [0.15, 0.2) is 29.2 Å². The topological polar surface area (TPSA) is 9.23 Å². The Morgan fingerprint density at radius 3 is 2.40 bits per heavy atom. The molecule has 2 rings (SSSR count). The average Bonchev–Trinajstić information content (AvgIpc) is 2.16. The van der Waals surface area contributed by atoms with Crippen LogP contribution in [-0.2, 0) is 4.74 Å². The molecule has 82 valence electrons. The SMILES string of the molecule is CC(C)c1ccc(SCC2COC2)cc1. The van der Waals surface area contributed by atoms with Gasteiger partial charge >= 0.3 is 0 Å². The zero-order valence-corrected chi connectivity index (χ0v) is 10.2. The van der Waals surface area contributed by atoms with Gasteiger partial charge in [-0.3, -0.25) is 0 Å². The Labute approximate surface area is 96.2 Å². The maximum absolute atomic E-state index is 5.16. The first-order chi connectivity index (χ1) is 7.25. The van der Waals surface area contributed by atoms with Crippen LogP contribution < -0.4 is 0 Å². The fraction of sp³-hybridized carbons (Fsp3) is 0.538. The first-order valence-corrected chi connectivity index (χ1v) is 6.55. The number of benzene rings is 1. The van der Waals surface area contributed by atoms with E-state index < -0.39 is 0 Å². The van der Waals surface area contributed by atoms with Gasteiger partial charge in [0.05, 0.1) is 13.2 Å². The van der Waals surface area contributed by atoms with Crippen LogP contribution >= 0.6 is 11.8 Å². The molecule has 2 heteroatoms. The lowest BCUT2D eigenvalue weighted by Gasteiger charge is -2.25. The van der Waals surface area contributed by atoms with E-state index in [1.54, 1.807) is 0 Å². The molecule has 1 heterocycles. The van der Waals surface area contributed by atoms with E-state index in [1.807, 2.05) is 11.8 Å². The van der Waals surface area contributed by atoms with Crippen molar-refractivity contribution >= 4 is 11.8 Å². The van der Waals surface area contributed by atoms with Gasteiger partial charge in [-0.25, -0.2) is 0 Å². The van der Waals surface area contributed by atoms with E-state index in [-0.39, 0.29) is 0 Å². The number of rotatable bonds is 4. The number of thioether (sulfide) groups is 1. The summed E-state index contributed by atoms with van der Waals surface area (Å²) in [4.78, 5) is 1.38. The maximum atomic E-state index is 5.16. The van der Waals surface area contributed by atoms with Gasteiger partial charge in [-0.15, -0.1) is 11.8 Å². The first-order valence-electron chi connectivity index (χ1n) is 5.56. The first kappa shape index (κ1) is 11.0. The molecular formula is C13H18OS. The van der Waals surface area contributed by atoms with Gasteiger partial charge in [0, 0.05) is 16.6 Å². The second-order valence-electron chi connectivity index (χ2n) is 4.44. The molecule has 0 amide bonds. The van der Waals surface area contributed by atoms with E-state index in [4.69, 9.17) is 4.74 Å². The highest BCUT2D eigenvalue weighted by Gasteiger charge is 2.18. The van der Waals surface area contributed by atoms with Crippen LogP contribution in [-0.4, -0.2) is 19.0 Å². The number of ether oxygens (including phenoxy) is 1. The van der Waals surface area contributed by atoms with E-state index >= 15 is 0 Å². The Hall–Kier alpha value is -0.470. The van der Waals surface area contributed by atoms with Gasteiger partial charge in [0.15, 0.2) is 0 Å². The van der Waals surface area contributed by atoms with Gasteiger partial charge < -0.3 is 4.74 Å². The predicted octanol–water partition coefficient (Wildman–Crippen LogP) is 3.55. The summed E-state index contributed by atoms with van der Waals surface area (Å²) in [6.07, 6.45) is 0. The highest BCUT2D eigenvalue weighted by atomic mass is 32.2. The van der Waals surface area contributed by atoms with Gasteiger partial charge in [-0.2, -0.15) is 0 Å². The highest BCUT2D eigenvalue weighted by molar-refractivity contribution is 7.99. The van der Waals surface area contributed by atoms with E-state index in [1.165, 1.54) is 16.2 Å². The molecule has 0 saturated carbocycles. The Bertz CT molecular complexity index is 301. The number of hydrogen-bond donors (Lipinski definition) is 0. The Balaban J connectivity index is 1.86. The lowest BCUT2D eigenvalue weighted by Crippen LogP contribution is -2.29. The maximum Gasteiger partial charge on any atom is 0.0524 e. The minimum atomic E-state index is 0.629. The van der Waals surface area contributed by atoms with Crippen LogP contribution in [0.2, 0.25) is 0 Å². The molecule has 1 fully saturated rings. The molecule has 1 aromatic rings. The standard InChI is InChI=1S/C13H18OS/c1-10(2)12-3-5-13(6-4-12)15-9-11-7-14-8-11/h3-6,10-11H,7-9H2,1-2H3. The molecule has 1 saturated heterocycles. The largest absolute Gasteiger partial charge is 0.381 e. The third-order valence-corrected chi connectivity index (χ3v) is 3.98. The molecule has 0 radical (unpaired) electrons. The summed E-state index contributed by atoms with van der Waals surface area (Å²) in [5.41, 5.74) is 1.42. The molecule has 15 heavy (non-hydrogen) atoms. The lowest BCUT2D eigenvalue weighted by molar-refractivity contribution is -0.0196. The molecule has 1 nitrogen and oxygen atoms in total. The van der Waals surface area contributed by atoms with Crippen molar-refractivity contribution in [3.8, 4) is 0 Å². The quantitative estimate of drug-likeness (QED) is 0.721. The number of hydrogen-bond acceptors (Lipinski definition) is 2. The zero-order valence-electron chi connectivity index (χ0n) is 9.40. The van der Waals surface area contributed by atoms with Gasteiger partial charge in [-0.1, -0.05) is 26.0 Å². The van der Waals surface area contributed by atoms with Crippen LogP contribution in [0.5, 0.6) is 0 Å². The van der Waals surface area contributed by atoms with Gasteiger partial charge in [0.25, 0.3) is 0 Å². The molecule has 0 N–H and O–H groups in total. The summed E-state index contributed by atoms with van der Waals surface area (Å²) in [5.74, 6) is 2.60. The molecular weight excluding hydrogens is 204 g/mol. The van der Waals surface area contributed by atoms with Crippen LogP contribution in [0.3, 0.4) is 0 Å². The minimum Gasteiger partial charge on any atom is -0.381 e. The molecule has 0 aromatic heterocycles. The molecule has 0 atom stereocenters.